The molecule has 0 rings (SSSR count). The van der Waals surface area contributed by atoms with E-state index in [4.69, 9.17) is 4.89 Å². The van der Waals surface area contributed by atoms with Gasteiger partial charge in [-0.3, -0.25) is 0 Å². The van der Waals surface area contributed by atoms with E-state index in [1.807, 2.05) is 6.92 Å². The second-order valence-electron chi connectivity index (χ2n) is 1.71. The topological polar surface area (TPSA) is 60.4 Å². The van der Waals surface area contributed by atoms with Gasteiger partial charge in [0.2, 0.25) is 0 Å². The van der Waals surface area contributed by atoms with Crippen molar-refractivity contribution in [1.29, 1.82) is 0 Å². The van der Waals surface area contributed by atoms with Crippen LogP contribution in [0.4, 0.5) is 0 Å². The van der Waals surface area contributed by atoms with Gasteiger partial charge in [-0.05, 0) is 6.42 Å². The molecular formula is C4H10NaO3P. The zero-order valence-electron chi connectivity index (χ0n) is 5.83. The van der Waals surface area contributed by atoms with Gasteiger partial charge >= 0.3 is 29.6 Å². The van der Waals surface area contributed by atoms with Gasteiger partial charge in [0, 0.05) is 6.16 Å². The van der Waals surface area contributed by atoms with Crippen LogP contribution in [0.3, 0.4) is 0 Å². The molecule has 0 amide bonds. The van der Waals surface area contributed by atoms with E-state index in [1.54, 1.807) is 0 Å². The number of unbranched alkanes of at least 4 members (excludes halogenated alkanes) is 1. The van der Waals surface area contributed by atoms with Crippen LogP contribution in [0.2, 0.25) is 0 Å². The molecule has 0 fully saturated rings. The van der Waals surface area contributed by atoms with Gasteiger partial charge in [-0.2, -0.15) is 0 Å². The Morgan fingerprint density at radius 1 is 1.67 bits per heavy atom. The van der Waals surface area contributed by atoms with Gasteiger partial charge in [-0.25, -0.2) is 0 Å². The number of hydrogen-bond acceptors (Lipinski definition) is 2. The summed E-state index contributed by atoms with van der Waals surface area (Å²) in [6, 6.07) is 0. The van der Waals surface area contributed by atoms with Crippen molar-refractivity contribution < 1.29 is 43.9 Å². The predicted molar refractivity (Wildman–Crippen MR) is 29.6 cm³/mol. The van der Waals surface area contributed by atoms with E-state index in [2.05, 4.69) is 0 Å². The number of rotatable bonds is 3. The molecule has 0 saturated carbocycles. The fourth-order valence-electron chi connectivity index (χ4n) is 0.358. The van der Waals surface area contributed by atoms with Crippen molar-refractivity contribution in [2.24, 2.45) is 0 Å². The van der Waals surface area contributed by atoms with Gasteiger partial charge < -0.3 is 14.4 Å². The first-order valence-electron chi connectivity index (χ1n) is 2.59. The molecule has 0 aliphatic rings. The quantitative estimate of drug-likeness (QED) is 0.362. The molecule has 0 radical (unpaired) electrons. The second-order valence-corrected chi connectivity index (χ2v) is 3.44. The normalized spacial score (nSPS) is 15.9. The monoisotopic (exact) mass is 160 g/mol. The molecule has 1 atom stereocenters. The Kier molecular flexibility index (Phi) is 8.39. The molecule has 0 saturated heterocycles. The molecule has 3 nitrogen and oxygen atoms in total. The summed E-state index contributed by atoms with van der Waals surface area (Å²) in [5, 5.41) is 0. The second kappa shape index (κ2) is 5.90. The summed E-state index contributed by atoms with van der Waals surface area (Å²) in [6.07, 6.45) is 1.27. The van der Waals surface area contributed by atoms with Crippen LogP contribution in [0.15, 0.2) is 0 Å². The fraction of sp³-hybridized carbons (Fsp3) is 1.00. The Balaban J connectivity index is 0. The Morgan fingerprint density at radius 3 is 2.22 bits per heavy atom. The third-order valence-electron chi connectivity index (χ3n) is 0.794. The van der Waals surface area contributed by atoms with Crippen LogP contribution >= 0.6 is 7.60 Å². The molecule has 0 bridgehead atoms. The molecular weight excluding hydrogens is 150 g/mol. The summed E-state index contributed by atoms with van der Waals surface area (Å²) >= 11 is 0. The largest absolute Gasteiger partial charge is 1.00 e. The molecule has 5 heteroatoms. The minimum Gasteiger partial charge on any atom is -0.779 e. The summed E-state index contributed by atoms with van der Waals surface area (Å²) in [5.74, 6) is 0. The Labute approximate surface area is 77.3 Å². The van der Waals surface area contributed by atoms with E-state index in [9.17, 15) is 9.46 Å². The van der Waals surface area contributed by atoms with Gasteiger partial charge in [0.1, 0.15) is 7.60 Å². The van der Waals surface area contributed by atoms with Gasteiger partial charge in [0.15, 0.2) is 0 Å². The first-order chi connectivity index (χ1) is 3.56. The van der Waals surface area contributed by atoms with E-state index in [1.165, 1.54) is 0 Å². The molecule has 0 aliphatic heterocycles. The average molecular weight is 160 g/mol. The molecule has 1 N–H and O–H groups in total. The van der Waals surface area contributed by atoms with Crippen LogP contribution in [0.5, 0.6) is 0 Å². The molecule has 0 heterocycles. The summed E-state index contributed by atoms with van der Waals surface area (Å²) in [5.41, 5.74) is 0. The molecule has 0 aromatic rings. The van der Waals surface area contributed by atoms with Crippen LogP contribution in [0.25, 0.3) is 0 Å². The fourth-order valence-corrected chi connectivity index (χ4v) is 1.07. The summed E-state index contributed by atoms with van der Waals surface area (Å²) in [7, 11) is -3.93. The van der Waals surface area contributed by atoms with Crippen molar-refractivity contribution in [3.63, 3.8) is 0 Å². The third kappa shape index (κ3) is 12.4. The van der Waals surface area contributed by atoms with E-state index in [0.717, 1.165) is 6.42 Å². The van der Waals surface area contributed by atoms with Gasteiger partial charge in [-0.15, -0.1) is 0 Å². The third-order valence-corrected chi connectivity index (χ3v) is 1.68. The van der Waals surface area contributed by atoms with E-state index < -0.39 is 7.60 Å². The maximum atomic E-state index is 9.97. The van der Waals surface area contributed by atoms with Crippen LogP contribution in [-0.2, 0) is 4.57 Å². The zero-order chi connectivity index (χ0) is 6.62. The average Bonchev–Trinajstić information content (AvgIpc) is 1.59. The summed E-state index contributed by atoms with van der Waals surface area (Å²) < 4.78 is 9.97. The molecule has 0 spiro atoms. The Hall–Kier alpha value is 1.15. The molecule has 50 valence electrons. The van der Waals surface area contributed by atoms with Crippen molar-refractivity contribution in [3.8, 4) is 0 Å². The van der Waals surface area contributed by atoms with Crippen molar-refractivity contribution >= 4 is 7.60 Å². The van der Waals surface area contributed by atoms with E-state index >= 15 is 0 Å². The van der Waals surface area contributed by atoms with Crippen molar-refractivity contribution in [2.75, 3.05) is 6.16 Å². The molecule has 0 aromatic carbocycles. The standard InChI is InChI=1S/C4H11O3P.Na/c1-2-3-4-8(5,6)7;/h2-4H2,1H3,(H2,5,6,7);/q;+1/p-1. The first-order valence-corrected chi connectivity index (χ1v) is 4.35. The van der Waals surface area contributed by atoms with E-state index in [0.29, 0.717) is 6.42 Å². The van der Waals surface area contributed by atoms with E-state index in [-0.39, 0.29) is 35.7 Å². The van der Waals surface area contributed by atoms with Crippen LogP contribution in [0, 0.1) is 0 Å². The van der Waals surface area contributed by atoms with Crippen LogP contribution in [-0.4, -0.2) is 11.1 Å². The molecule has 9 heavy (non-hydrogen) atoms. The minimum absolute atomic E-state index is 0. The van der Waals surface area contributed by atoms with Crippen LogP contribution < -0.4 is 34.5 Å². The van der Waals surface area contributed by atoms with Crippen molar-refractivity contribution in [2.45, 2.75) is 19.8 Å². The molecule has 0 aliphatic carbocycles. The summed E-state index contributed by atoms with van der Waals surface area (Å²) in [6.45, 7) is 1.87. The Morgan fingerprint density at radius 2 is 2.11 bits per heavy atom. The maximum absolute atomic E-state index is 9.97. The maximum Gasteiger partial charge on any atom is 1.00 e. The molecule has 0 aromatic heterocycles. The predicted octanol–water partition coefficient (Wildman–Crippen LogP) is -2.66. The first kappa shape index (κ1) is 12.8. The Bertz CT molecular complexity index is 100.0. The van der Waals surface area contributed by atoms with Gasteiger partial charge in [-0.1, -0.05) is 13.3 Å². The van der Waals surface area contributed by atoms with Crippen molar-refractivity contribution in [3.05, 3.63) is 0 Å². The number of hydrogen-bond donors (Lipinski definition) is 1. The SMILES string of the molecule is CCCCP(=O)([O-])O.[Na+]. The summed E-state index contributed by atoms with van der Waals surface area (Å²) in [4.78, 5) is 18.1. The minimum atomic E-state index is -3.93. The van der Waals surface area contributed by atoms with Crippen LogP contribution in [0.1, 0.15) is 19.8 Å². The van der Waals surface area contributed by atoms with Crippen molar-refractivity contribution in [1.82, 2.24) is 0 Å². The smallest absolute Gasteiger partial charge is 0.779 e. The van der Waals surface area contributed by atoms with Gasteiger partial charge in [0.25, 0.3) is 0 Å². The molecule has 1 unspecified atom stereocenters. The zero-order valence-corrected chi connectivity index (χ0v) is 8.73. The van der Waals surface area contributed by atoms with Gasteiger partial charge in [0.05, 0.1) is 0 Å².